The number of nitrogens with two attached hydrogens (primary N) is 1. The van der Waals surface area contributed by atoms with Crippen LogP contribution >= 0.6 is 11.6 Å². The van der Waals surface area contributed by atoms with Gasteiger partial charge in [-0.1, -0.05) is 25.4 Å². The number of halogens is 1. The minimum atomic E-state index is 0.396. The molecule has 0 aliphatic heterocycles. The topological polar surface area (TPSA) is 35.2 Å². The van der Waals surface area contributed by atoms with Crippen LogP contribution in [0.25, 0.3) is 0 Å². The number of hydrogen-bond donors (Lipinski definition) is 1. The van der Waals surface area contributed by atoms with Gasteiger partial charge in [0.25, 0.3) is 0 Å². The van der Waals surface area contributed by atoms with Crippen molar-refractivity contribution in [3.8, 4) is 5.75 Å². The second kappa shape index (κ2) is 7.01. The van der Waals surface area contributed by atoms with Gasteiger partial charge >= 0.3 is 0 Å². The molecule has 0 aliphatic carbocycles. The maximum absolute atomic E-state index is 6.23. The van der Waals surface area contributed by atoms with E-state index in [9.17, 15) is 0 Å². The van der Waals surface area contributed by atoms with Crippen molar-refractivity contribution >= 4 is 11.6 Å². The van der Waals surface area contributed by atoms with Crippen LogP contribution in [0.5, 0.6) is 5.75 Å². The second-order valence-corrected chi connectivity index (χ2v) is 5.32. The van der Waals surface area contributed by atoms with Gasteiger partial charge < -0.3 is 10.5 Å². The predicted octanol–water partition coefficient (Wildman–Crippen LogP) is 4.14. The van der Waals surface area contributed by atoms with Crippen molar-refractivity contribution in [1.29, 1.82) is 0 Å². The Morgan fingerprint density at radius 2 is 2.00 bits per heavy atom. The maximum Gasteiger partial charge on any atom is 0.123 e. The monoisotopic (exact) mass is 269 g/mol. The summed E-state index contributed by atoms with van der Waals surface area (Å²) < 4.78 is 5.73. The lowest BCUT2D eigenvalue weighted by atomic mass is 9.86. The van der Waals surface area contributed by atoms with E-state index in [1.807, 2.05) is 26.0 Å². The van der Waals surface area contributed by atoms with E-state index in [1.165, 1.54) is 5.56 Å². The Kier molecular flexibility index (Phi) is 5.97. The fourth-order valence-electron chi connectivity index (χ4n) is 2.13. The van der Waals surface area contributed by atoms with Crippen LogP contribution < -0.4 is 10.5 Å². The molecule has 0 amide bonds. The second-order valence-electron chi connectivity index (χ2n) is 4.92. The summed E-state index contributed by atoms with van der Waals surface area (Å²) in [5.74, 6) is 1.87. The summed E-state index contributed by atoms with van der Waals surface area (Å²) in [6.07, 6.45) is 1.01. The zero-order chi connectivity index (χ0) is 13.7. The molecule has 1 aromatic carbocycles. The number of benzene rings is 1. The molecule has 0 fully saturated rings. The summed E-state index contributed by atoms with van der Waals surface area (Å²) >= 11 is 6.23. The molecule has 0 heterocycles. The largest absolute Gasteiger partial charge is 0.494 e. The average Bonchev–Trinajstić information content (AvgIpc) is 2.33. The summed E-state index contributed by atoms with van der Waals surface area (Å²) in [4.78, 5) is 0. The number of hydrogen-bond acceptors (Lipinski definition) is 2. The van der Waals surface area contributed by atoms with Gasteiger partial charge in [-0.15, -0.1) is 0 Å². The number of ether oxygens (including phenoxy) is 1. The van der Waals surface area contributed by atoms with Crippen molar-refractivity contribution in [2.45, 2.75) is 40.0 Å². The SMILES string of the molecule is CCOc1cc(C)c(Cl)cc1C(C)C(C)CCN. The Balaban J connectivity index is 3.08. The highest BCUT2D eigenvalue weighted by Gasteiger charge is 2.19. The van der Waals surface area contributed by atoms with Gasteiger partial charge in [0, 0.05) is 5.02 Å². The molecule has 0 aliphatic rings. The minimum Gasteiger partial charge on any atom is -0.494 e. The third-order valence-corrected chi connectivity index (χ3v) is 3.96. The molecule has 1 rings (SSSR count). The highest BCUT2D eigenvalue weighted by molar-refractivity contribution is 6.31. The van der Waals surface area contributed by atoms with Crippen LogP contribution in [-0.2, 0) is 0 Å². The highest BCUT2D eigenvalue weighted by atomic mass is 35.5. The van der Waals surface area contributed by atoms with Crippen molar-refractivity contribution < 1.29 is 4.74 Å². The van der Waals surface area contributed by atoms with Crippen molar-refractivity contribution in [3.63, 3.8) is 0 Å². The lowest BCUT2D eigenvalue weighted by Gasteiger charge is -2.23. The lowest BCUT2D eigenvalue weighted by Crippen LogP contribution is -2.13. The highest BCUT2D eigenvalue weighted by Crippen LogP contribution is 2.36. The smallest absolute Gasteiger partial charge is 0.123 e. The molecule has 0 saturated heterocycles. The Morgan fingerprint density at radius 3 is 2.56 bits per heavy atom. The number of rotatable bonds is 6. The first-order valence-corrected chi connectivity index (χ1v) is 7.01. The Labute approximate surface area is 115 Å². The molecule has 2 unspecified atom stereocenters. The Morgan fingerprint density at radius 1 is 1.33 bits per heavy atom. The molecule has 0 saturated carbocycles. The van der Waals surface area contributed by atoms with E-state index in [0.29, 0.717) is 18.4 Å². The first kappa shape index (κ1) is 15.3. The van der Waals surface area contributed by atoms with Crippen LogP contribution in [0.1, 0.15) is 44.2 Å². The van der Waals surface area contributed by atoms with Gasteiger partial charge in [-0.05, 0) is 61.9 Å². The van der Waals surface area contributed by atoms with E-state index in [0.717, 1.165) is 29.3 Å². The molecule has 0 radical (unpaired) electrons. The van der Waals surface area contributed by atoms with E-state index in [4.69, 9.17) is 22.1 Å². The lowest BCUT2D eigenvalue weighted by molar-refractivity contribution is 0.328. The first-order valence-electron chi connectivity index (χ1n) is 6.64. The Bertz CT molecular complexity index is 392. The standard InChI is InChI=1S/C15H24ClNO/c1-5-18-15-8-11(3)14(16)9-13(15)12(4)10(2)6-7-17/h8-10,12H,5-7,17H2,1-4H3. The fourth-order valence-corrected chi connectivity index (χ4v) is 2.30. The summed E-state index contributed by atoms with van der Waals surface area (Å²) in [7, 11) is 0. The fraction of sp³-hybridized carbons (Fsp3) is 0.600. The van der Waals surface area contributed by atoms with Gasteiger partial charge in [0.05, 0.1) is 6.61 Å². The van der Waals surface area contributed by atoms with Crippen LogP contribution in [0.2, 0.25) is 5.02 Å². The zero-order valence-corrected chi connectivity index (χ0v) is 12.6. The van der Waals surface area contributed by atoms with Gasteiger partial charge in [-0.25, -0.2) is 0 Å². The first-order chi connectivity index (χ1) is 8.51. The van der Waals surface area contributed by atoms with Crippen LogP contribution in [0.3, 0.4) is 0 Å². The summed E-state index contributed by atoms with van der Waals surface area (Å²) in [6.45, 7) is 9.83. The molecule has 102 valence electrons. The molecule has 2 N–H and O–H groups in total. The van der Waals surface area contributed by atoms with Gasteiger partial charge in [0.1, 0.15) is 5.75 Å². The molecule has 1 aromatic rings. The van der Waals surface area contributed by atoms with Gasteiger partial charge in [0.15, 0.2) is 0 Å². The zero-order valence-electron chi connectivity index (χ0n) is 11.8. The van der Waals surface area contributed by atoms with Crippen molar-refractivity contribution in [2.75, 3.05) is 13.2 Å². The molecule has 3 heteroatoms. The van der Waals surface area contributed by atoms with Crippen LogP contribution in [0.4, 0.5) is 0 Å². The average molecular weight is 270 g/mol. The molecule has 0 bridgehead atoms. The van der Waals surface area contributed by atoms with Crippen LogP contribution in [0.15, 0.2) is 12.1 Å². The summed E-state index contributed by atoms with van der Waals surface area (Å²) in [5.41, 5.74) is 7.88. The molecule has 18 heavy (non-hydrogen) atoms. The van der Waals surface area contributed by atoms with E-state index < -0.39 is 0 Å². The molecular formula is C15H24ClNO. The minimum absolute atomic E-state index is 0.396. The third-order valence-electron chi connectivity index (χ3n) is 3.56. The molecule has 2 atom stereocenters. The quantitative estimate of drug-likeness (QED) is 0.843. The van der Waals surface area contributed by atoms with Gasteiger partial charge in [-0.2, -0.15) is 0 Å². The predicted molar refractivity (Wildman–Crippen MR) is 78.6 cm³/mol. The van der Waals surface area contributed by atoms with E-state index in [1.54, 1.807) is 0 Å². The summed E-state index contributed by atoms with van der Waals surface area (Å²) in [6, 6.07) is 4.08. The summed E-state index contributed by atoms with van der Waals surface area (Å²) in [5, 5.41) is 0.806. The van der Waals surface area contributed by atoms with Gasteiger partial charge in [-0.3, -0.25) is 0 Å². The molecule has 0 aromatic heterocycles. The van der Waals surface area contributed by atoms with Gasteiger partial charge in [0.2, 0.25) is 0 Å². The van der Waals surface area contributed by atoms with Crippen LogP contribution in [-0.4, -0.2) is 13.2 Å². The number of aryl methyl sites for hydroxylation is 1. The van der Waals surface area contributed by atoms with E-state index in [2.05, 4.69) is 13.8 Å². The van der Waals surface area contributed by atoms with Crippen molar-refractivity contribution in [1.82, 2.24) is 0 Å². The van der Waals surface area contributed by atoms with Crippen LogP contribution in [0, 0.1) is 12.8 Å². The Hall–Kier alpha value is -0.730. The normalized spacial score (nSPS) is 14.3. The molecular weight excluding hydrogens is 246 g/mol. The van der Waals surface area contributed by atoms with Crippen molar-refractivity contribution in [3.05, 3.63) is 28.3 Å². The van der Waals surface area contributed by atoms with Crippen molar-refractivity contribution in [2.24, 2.45) is 11.7 Å². The van der Waals surface area contributed by atoms with E-state index >= 15 is 0 Å². The third kappa shape index (κ3) is 3.63. The molecule has 2 nitrogen and oxygen atoms in total. The molecule has 0 spiro atoms. The maximum atomic E-state index is 6.23. The van der Waals surface area contributed by atoms with E-state index in [-0.39, 0.29) is 0 Å².